The fourth-order valence-corrected chi connectivity index (χ4v) is 0.984. The molecule has 0 fully saturated rings. The standard InChI is InChI=1S/C11H13NO3/c1-8(11(14)15)6-12-7-9-4-2-3-5-10(9)13/h2-5,7-8,13H,6H2,1H3,(H,14,15)/t8-/m1/s1. The summed E-state index contributed by atoms with van der Waals surface area (Å²) < 4.78 is 0. The largest absolute Gasteiger partial charge is 0.507 e. The van der Waals surface area contributed by atoms with E-state index in [1.54, 1.807) is 31.2 Å². The molecule has 1 aromatic carbocycles. The number of nitrogens with zero attached hydrogens (tertiary/aromatic N) is 1. The predicted molar refractivity (Wildman–Crippen MR) is 57.4 cm³/mol. The SMILES string of the molecule is C[C@H](CN=Cc1ccccc1O)C(=O)O. The predicted octanol–water partition coefficient (Wildman–Crippen LogP) is 1.53. The van der Waals surface area contributed by atoms with Crippen molar-refractivity contribution < 1.29 is 15.0 Å². The minimum Gasteiger partial charge on any atom is -0.507 e. The van der Waals surface area contributed by atoms with Crippen molar-refractivity contribution in [3.63, 3.8) is 0 Å². The zero-order chi connectivity index (χ0) is 11.3. The van der Waals surface area contributed by atoms with E-state index in [1.807, 2.05) is 0 Å². The Balaban J connectivity index is 2.59. The van der Waals surface area contributed by atoms with E-state index in [0.717, 1.165) is 0 Å². The number of aromatic hydroxyl groups is 1. The Bertz CT molecular complexity index is 374. The number of carboxylic acid groups (broad SMARTS) is 1. The minimum absolute atomic E-state index is 0.143. The second kappa shape index (κ2) is 5.14. The van der Waals surface area contributed by atoms with E-state index in [9.17, 15) is 9.90 Å². The maximum absolute atomic E-state index is 10.5. The Labute approximate surface area is 87.9 Å². The van der Waals surface area contributed by atoms with Crippen LogP contribution in [0.5, 0.6) is 5.75 Å². The van der Waals surface area contributed by atoms with Gasteiger partial charge in [0.1, 0.15) is 5.75 Å². The van der Waals surface area contributed by atoms with E-state index in [1.165, 1.54) is 6.21 Å². The summed E-state index contributed by atoms with van der Waals surface area (Å²) in [5, 5.41) is 18.0. The van der Waals surface area contributed by atoms with Crippen LogP contribution in [0.3, 0.4) is 0 Å². The number of aliphatic imine (C=N–C) groups is 1. The van der Waals surface area contributed by atoms with Gasteiger partial charge < -0.3 is 10.2 Å². The summed E-state index contributed by atoms with van der Waals surface area (Å²) in [6, 6.07) is 6.76. The van der Waals surface area contributed by atoms with Crippen LogP contribution in [0, 0.1) is 5.92 Å². The Hall–Kier alpha value is -1.84. The molecule has 0 heterocycles. The zero-order valence-corrected chi connectivity index (χ0v) is 8.42. The molecule has 4 nitrogen and oxygen atoms in total. The monoisotopic (exact) mass is 207 g/mol. The van der Waals surface area contributed by atoms with Crippen LogP contribution in [0.15, 0.2) is 29.3 Å². The molecule has 0 unspecified atom stereocenters. The molecule has 0 aromatic heterocycles. The van der Waals surface area contributed by atoms with Crippen molar-refractivity contribution in [1.82, 2.24) is 0 Å². The maximum Gasteiger partial charge on any atom is 0.308 e. The molecule has 0 aliphatic carbocycles. The number of carbonyl (C=O) groups is 1. The second-order valence-electron chi connectivity index (χ2n) is 3.29. The first-order chi connectivity index (χ1) is 7.11. The highest BCUT2D eigenvalue weighted by Gasteiger charge is 2.08. The summed E-state index contributed by atoms with van der Waals surface area (Å²) in [6.07, 6.45) is 1.48. The van der Waals surface area contributed by atoms with Crippen molar-refractivity contribution in [1.29, 1.82) is 0 Å². The number of aliphatic carboxylic acids is 1. The minimum atomic E-state index is -0.871. The molecule has 1 atom stereocenters. The van der Waals surface area contributed by atoms with Crippen LogP contribution < -0.4 is 0 Å². The van der Waals surface area contributed by atoms with Crippen molar-refractivity contribution >= 4 is 12.2 Å². The number of rotatable bonds is 4. The number of phenols is 1. The van der Waals surface area contributed by atoms with Gasteiger partial charge in [0.2, 0.25) is 0 Å². The molecule has 0 saturated carbocycles. The fourth-order valence-electron chi connectivity index (χ4n) is 0.984. The highest BCUT2D eigenvalue weighted by molar-refractivity contribution is 5.83. The van der Waals surface area contributed by atoms with Gasteiger partial charge in [-0.1, -0.05) is 19.1 Å². The molecule has 1 rings (SSSR count). The molecule has 0 amide bonds. The average Bonchev–Trinajstić information content (AvgIpc) is 2.20. The first kappa shape index (κ1) is 11.2. The fraction of sp³-hybridized carbons (Fsp3) is 0.273. The molecular formula is C11H13NO3. The van der Waals surface area contributed by atoms with Crippen LogP contribution in [-0.2, 0) is 4.79 Å². The summed E-state index contributed by atoms with van der Waals surface area (Å²) in [5.74, 6) is -1.24. The van der Waals surface area contributed by atoms with Crippen molar-refractivity contribution in [3.05, 3.63) is 29.8 Å². The molecular weight excluding hydrogens is 194 g/mol. The Kier molecular flexibility index (Phi) is 3.85. The van der Waals surface area contributed by atoms with E-state index < -0.39 is 11.9 Å². The lowest BCUT2D eigenvalue weighted by Gasteiger charge is -2.00. The molecule has 0 spiro atoms. The third-order valence-corrected chi connectivity index (χ3v) is 1.97. The maximum atomic E-state index is 10.5. The normalized spacial score (nSPS) is 12.9. The van der Waals surface area contributed by atoms with Gasteiger partial charge >= 0.3 is 5.97 Å². The van der Waals surface area contributed by atoms with Crippen molar-refractivity contribution in [3.8, 4) is 5.75 Å². The second-order valence-corrected chi connectivity index (χ2v) is 3.29. The molecule has 0 aliphatic heterocycles. The molecule has 0 bridgehead atoms. The lowest BCUT2D eigenvalue weighted by Crippen LogP contribution is -2.12. The van der Waals surface area contributed by atoms with Crippen molar-refractivity contribution in [2.24, 2.45) is 10.9 Å². The van der Waals surface area contributed by atoms with Gasteiger partial charge in [0.15, 0.2) is 0 Å². The molecule has 0 aliphatic rings. The molecule has 1 aromatic rings. The van der Waals surface area contributed by atoms with Crippen molar-refractivity contribution in [2.45, 2.75) is 6.92 Å². The highest BCUT2D eigenvalue weighted by atomic mass is 16.4. The van der Waals surface area contributed by atoms with E-state index in [-0.39, 0.29) is 12.3 Å². The van der Waals surface area contributed by atoms with E-state index in [2.05, 4.69) is 4.99 Å². The number of hydrogen-bond donors (Lipinski definition) is 2. The van der Waals surface area contributed by atoms with Crippen molar-refractivity contribution in [2.75, 3.05) is 6.54 Å². The van der Waals surface area contributed by atoms with Gasteiger partial charge in [0.25, 0.3) is 0 Å². The highest BCUT2D eigenvalue weighted by Crippen LogP contribution is 2.12. The van der Waals surface area contributed by atoms with Crippen LogP contribution in [-0.4, -0.2) is 28.9 Å². The number of carboxylic acids is 1. The topological polar surface area (TPSA) is 69.9 Å². The molecule has 4 heteroatoms. The molecule has 2 N–H and O–H groups in total. The summed E-state index contributed by atoms with van der Waals surface area (Å²) in [6.45, 7) is 1.80. The summed E-state index contributed by atoms with van der Waals surface area (Å²) in [4.78, 5) is 14.4. The summed E-state index contributed by atoms with van der Waals surface area (Å²) in [7, 11) is 0. The van der Waals surface area contributed by atoms with Gasteiger partial charge in [-0.2, -0.15) is 0 Å². The van der Waals surface area contributed by atoms with E-state index in [0.29, 0.717) is 5.56 Å². The van der Waals surface area contributed by atoms with Gasteiger partial charge in [-0.05, 0) is 12.1 Å². The van der Waals surface area contributed by atoms with Crippen LogP contribution in [0.4, 0.5) is 0 Å². The van der Waals surface area contributed by atoms with E-state index >= 15 is 0 Å². The summed E-state index contributed by atoms with van der Waals surface area (Å²) >= 11 is 0. The van der Waals surface area contributed by atoms with Gasteiger partial charge in [-0.15, -0.1) is 0 Å². The van der Waals surface area contributed by atoms with Crippen LogP contribution in [0.25, 0.3) is 0 Å². The number of para-hydroxylation sites is 1. The van der Waals surface area contributed by atoms with Crippen LogP contribution in [0.2, 0.25) is 0 Å². The van der Waals surface area contributed by atoms with E-state index in [4.69, 9.17) is 5.11 Å². The average molecular weight is 207 g/mol. The number of benzene rings is 1. The van der Waals surface area contributed by atoms with Crippen LogP contribution >= 0.6 is 0 Å². The smallest absolute Gasteiger partial charge is 0.308 e. The number of hydrogen-bond acceptors (Lipinski definition) is 3. The Morgan fingerprint density at radius 1 is 1.53 bits per heavy atom. The third kappa shape index (κ3) is 3.42. The van der Waals surface area contributed by atoms with Gasteiger partial charge in [0, 0.05) is 11.8 Å². The molecule has 0 saturated heterocycles. The molecule has 0 radical (unpaired) electrons. The summed E-state index contributed by atoms with van der Waals surface area (Å²) in [5.41, 5.74) is 0.593. The lowest BCUT2D eigenvalue weighted by atomic mass is 10.2. The van der Waals surface area contributed by atoms with Crippen LogP contribution in [0.1, 0.15) is 12.5 Å². The third-order valence-electron chi connectivity index (χ3n) is 1.97. The zero-order valence-electron chi connectivity index (χ0n) is 8.42. The van der Waals surface area contributed by atoms with Gasteiger partial charge in [-0.3, -0.25) is 9.79 Å². The first-order valence-electron chi connectivity index (χ1n) is 4.62. The quantitative estimate of drug-likeness (QED) is 0.735. The van der Waals surface area contributed by atoms with Gasteiger partial charge in [-0.25, -0.2) is 0 Å². The Morgan fingerprint density at radius 2 is 2.20 bits per heavy atom. The van der Waals surface area contributed by atoms with Gasteiger partial charge in [0.05, 0.1) is 12.5 Å². The lowest BCUT2D eigenvalue weighted by molar-refractivity contribution is -0.140. The number of phenolic OH excluding ortho intramolecular Hbond substituents is 1. The molecule has 80 valence electrons. The molecule has 15 heavy (non-hydrogen) atoms. The first-order valence-corrected chi connectivity index (χ1v) is 4.62. The Morgan fingerprint density at radius 3 is 2.80 bits per heavy atom.